The Hall–Kier alpha value is -2.84. The van der Waals surface area contributed by atoms with Crippen LogP contribution in [0.5, 0.6) is 5.75 Å². The first-order chi connectivity index (χ1) is 13.9. The van der Waals surface area contributed by atoms with Crippen LogP contribution in [0.3, 0.4) is 0 Å². The van der Waals surface area contributed by atoms with Gasteiger partial charge >= 0.3 is 6.03 Å². The summed E-state index contributed by atoms with van der Waals surface area (Å²) in [5, 5.41) is 5.57. The van der Waals surface area contributed by atoms with Gasteiger partial charge in [-0.25, -0.2) is 4.79 Å². The van der Waals surface area contributed by atoms with Gasteiger partial charge in [-0.1, -0.05) is 36.1 Å². The van der Waals surface area contributed by atoms with Crippen LogP contribution in [0.25, 0.3) is 6.08 Å². The van der Waals surface area contributed by atoms with Gasteiger partial charge in [0.25, 0.3) is 5.91 Å². The fourth-order valence-corrected chi connectivity index (χ4v) is 4.39. The molecular weight excluding hydrogens is 406 g/mol. The van der Waals surface area contributed by atoms with Gasteiger partial charge in [0.1, 0.15) is 16.7 Å². The molecule has 0 unspecified atom stereocenters. The van der Waals surface area contributed by atoms with E-state index in [9.17, 15) is 9.59 Å². The number of rotatable bonds is 2. The van der Waals surface area contributed by atoms with Crippen molar-refractivity contribution >= 4 is 57.7 Å². The number of amides is 3. The maximum absolute atomic E-state index is 13.0. The van der Waals surface area contributed by atoms with Crippen LogP contribution in [0.2, 0.25) is 0 Å². The van der Waals surface area contributed by atoms with Crippen molar-refractivity contribution in [3.63, 3.8) is 0 Å². The van der Waals surface area contributed by atoms with Crippen LogP contribution in [0, 0.1) is 13.8 Å². The predicted molar refractivity (Wildman–Crippen MR) is 121 cm³/mol. The highest BCUT2D eigenvalue weighted by Crippen LogP contribution is 2.35. The molecule has 148 valence electrons. The number of anilines is 2. The third-order valence-electron chi connectivity index (χ3n) is 4.50. The van der Waals surface area contributed by atoms with E-state index in [0.717, 1.165) is 22.4 Å². The third kappa shape index (κ3) is 4.28. The summed E-state index contributed by atoms with van der Waals surface area (Å²) in [6.45, 7) is 4.84. The Labute approximate surface area is 178 Å². The second kappa shape index (κ2) is 7.88. The largest absolute Gasteiger partial charge is 0.490 e. The van der Waals surface area contributed by atoms with Crippen molar-refractivity contribution in [1.82, 2.24) is 5.32 Å². The molecule has 0 radical (unpaired) electrons. The fourth-order valence-electron chi connectivity index (χ4n) is 3.35. The van der Waals surface area contributed by atoms with Gasteiger partial charge in [0.2, 0.25) is 0 Å². The lowest BCUT2D eigenvalue weighted by Gasteiger charge is -2.30. The summed E-state index contributed by atoms with van der Waals surface area (Å²) < 4.78 is 6.15. The number of aryl methyl sites for hydroxylation is 2. The Balaban J connectivity index is 1.61. The Bertz CT molecular complexity index is 1040. The number of urea groups is 1. The average Bonchev–Trinajstić information content (AvgIpc) is 2.97. The molecule has 1 fully saturated rings. The molecule has 2 N–H and O–H groups in total. The third-order valence-corrected chi connectivity index (χ3v) is 5.67. The number of hydrogen-bond acceptors (Lipinski definition) is 5. The Kier molecular flexibility index (Phi) is 5.29. The lowest BCUT2D eigenvalue weighted by atomic mass is 10.1. The SMILES string of the molecule is Cc1cc(C)cc(NC(=O)N2CCOc3ccc(/C=C4\SC(=S)NC4=O)cc32)c1. The number of hydrogen-bond donors (Lipinski definition) is 2. The van der Waals surface area contributed by atoms with E-state index in [2.05, 4.69) is 16.7 Å². The summed E-state index contributed by atoms with van der Waals surface area (Å²) in [7, 11) is 0. The van der Waals surface area contributed by atoms with Gasteiger partial charge in [0, 0.05) is 5.69 Å². The first-order valence-corrected chi connectivity index (χ1v) is 10.3. The number of carbonyl (C=O) groups is 2. The molecule has 2 aromatic carbocycles. The zero-order chi connectivity index (χ0) is 20.5. The number of nitrogens with one attached hydrogen (secondary N) is 2. The second-order valence-electron chi connectivity index (χ2n) is 6.89. The molecule has 3 amide bonds. The maximum atomic E-state index is 13.0. The van der Waals surface area contributed by atoms with Crippen LogP contribution in [0.15, 0.2) is 41.3 Å². The zero-order valence-corrected chi connectivity index (χ0v) is 17.6. The standard InChI is InChI=1S/C21H19N3O3S2/c1-12-7-13(2)9-15(8-12)22-20(26)24-5-6-27-17-4-3-14(10-16(17)24)11-18-19(25)23-21(28)29-18/h3-4,7-11H,5-6H2,1-2H3,(H,22,26)(H,23,25,28)/b18-11-. The molecule has 0 aliphatic carbocycles. The van der Waals surface area contributed by atoms with E-state index in [4.69, 9.17) is 17.0 Å². The molecule has 1 saturated heterocycles. The molecule has 0 atom stereocenters. The van der Waals surface area contributed by atoms with Gasteiger partial charge in [-0.05, 0) is 60.9 Å². The van der Waals surface area contributed by atoms with E-state index in [-0.39, 0.29) is 11.9 Å². The van der Waals surface area contributed by atoms with Gasteiger partial charge in [0.05, 0.1) is 17.1 Å². The molecule has 2 aliphatic heterocycles. The van der Waals surface area contributed by atoms with Gasteiger partial charge in [-0.2, -0.15) is 0 Å². The van der Waals surface area contributed by atoms with Crippen molar-refractivity contribution in [1.29, 1.82) is 0 Å². The summed E-state index contributed by atoms with van der Waals surface area (Å²) in [4.78, 5) is 27.1. The quantitative estimate of drug-likeness (QED) is 0.557. The summed E-state index contributed by atoms with van der Waals surface area (Å²) in [5.74, 6) is 0.423. The monoisotopic (exact) mass is 425 g/mol. The minimum Gasteiger partial charge on any atom is -0.490 e. The molecule has 8 heteroatoms. The maximum Gasteiger partial charge on any atom is 0.326 e. The van der Waals surface area contributed by atoms with E-state index in [1.165, 1.54) is 11.8 Å². The van der Waals surface area contributed by atoms with Crippen molar-refractivity contribution in [2.24, 2.45) is 0 Å². The number of fused-ring (bicyclic) bond motifs is 1. The first kappa shape index (κ1) is 19.5. The van der Waals surface area contributed by atoms with Crippen LogP contribution in [0.4, 0.5) is 16.2 Å². The highest BCUT2D eigenvalue weighted by Gasteiger charge is 2.25. The average molecular weight is 426 g/mol. The van der Waals surface area contributed by atoms with Crippen molar-refractivity contribution < 1.29 is 14.3 Å². The molecule has 0 bridgehead atoms. The summed E-state index contributed by atoms with van der Waals surface area (Å²) in [5.41, 5.74) is 4.38. The first-order valence-electron chi connectivity index (χ1n) is 9.07. The van der Waals surface area contributed by atoms with Crippen LogP contribution >= 0.6 is 24.0 Å². The number of carbonyl (C=O) groups excluding carboxylic acids is 2. The molecule has 2 aliphatic rings. The van der Waals surface area contributed by atoms with Crippen LogP contribution < -0.4 is 20.3 Å². The van der Waals surface area contributed by atoms with Crippen molar-refractivity contribution in [2.75, 3.05) is 23.4 Å². The normalized spacial score (nSPS) is 17.0. The topological polar surface area (TPSA) is 70.7 Å². The smallest absolute Gasteiger partial charge is 0.326 e. The van der Waals surface area contributed by atoms with Gasteiger partial charge in [-0.3, -0.25) is 9.69 Å². The molecule has 4 rings (SSSR count). The van der Waals surface area contributed by atoms with Crippen molar-refractivity contribution in [3.05, 3.63) is 58.0 Å². The molecule has 0 aromatic heterocycles. The number of benzene rings is 2. The highest BCUT2D eigenvalue weighted by molar-refractivity contribution is 8.26. The summed E-state index contributed by atoms with van der Waals surface area (Å²) in [6.07, 6.45) is 1.76. The molecular formula is C21H19N3O3S2. The Morgan fingerprint density at radius 1 is 1.24 bits per heavy atom. The molecule has 0 spiro atoms. The summed E-state index contributed by atoms with van der Waals surface area (Å²) >= 11 is 6.25. The van der Waals surface area contributed by atoms with E-state index in [1.807, 2.05) is 44.2 Å². The Morgan fingerprint density at radius 2 is 2.00 bits per heavy atom. The van der Waals surface area contributed by atoms with Crippen molar-refractivity contribution in [3.8, 4) is 5.75 Å². The lowest BCUT2D eigenvalue weighted by Crippen LogP contribution is -2.40. The highest BCUT2D eigenvalue weighted by atomic mass is 32.2. The minimum absolute atomic E-state index is 0.210. The molecule has 29 heavy (non-hydrogen) atoms. The second-order valence-corrected chi connectivity index (χ2v) is 8.60. The number of nitrogens with zero attached hydrogens (tertiary/aromatic N) is 1. The number of thiocarbonyl (C=S) groups is 1. The van der Waals surface area contributed by atoms with Crippen molar-refractivity contribution in [2.45, 2.75) is 13.8 Å². The number of ether oxygens (including phenoxy) is 1. The number of thioether (sulfide) groups is 1. The van der Waals surface area contributed by atoms with Gasteiger partial charge < -0.3 is 15.4 Å². The zero-order valence-electron chi connectivity index (χ0n) is 15.9. The van der Waals surface area contributed by atoms with Gasteiger partial charge in [-0.15, -0.1) is 0 Å². The molecule has 6 nitrogen and oxygen atoms in total. The predicted octanol–water partition coefficient (Wildman–Crippen LogP) is 4.22. The lowest BCUT2D eigenvalue weighted by molar-refractivity contribution is -0.115. The Morgan fingerprint density at radius 3 is 2.69 bits per heavy atom. The fraction of sp³-hybridized carbons (Fsp3) is 0.190. The van der Waals surface area contributed by atoms with Crippen LogP contribution in [-0.4, -0.2) is 29.4 Å². The molecule has 0 saturated carbocycles. The summed E-state index contributed by atoms with van der Waals surface area (Å²) in [6, 6.07) is 11.2. The molecule has 2 aromatic rings. The van der Waals surface area contributed by atoms with E-state index >= 15 is 0 Å². The van der Waals surface area contributed by atoms with E-state index in [1.54, 1.807) is 11.0 Å². The van der Waals surface area contributed by atoms with E-state index < -0.39 is 0 Å². The minimum atomic E-state index is -0.224. The van der Waals surface area contributed by atoms with E-state index in [0.29, 0.717) is 33.8 Å². The van der Waals surface area contributed by atoms with Crippen LogP contribution in [-0.2, 0) is 4.79 Å². The van der Waals surface area contributed by atoms with Gasteiger partial charge in [0.15, 0.2) is 0 Å². The van der Waals surface area contributed by atoms with Crippen LogP contribution in [0.1, 0.15) is 16.7 Å². The molecule has 2 heterocycles.